The fourth-order valence-electron chi connectivity index (χ4n) is 1.99. The van der Waals surface area contributed by atoms with Gasteiger partial charge in [-0.3, -0.25) is 9.59 Å². The molecule has 2 rings (SSSR count). The number of carbonyl (C=O) groups is 2. The van der Waals surface area contributed by atoms with Crippen LogP contribution >= 0.6 is 0 Å². The molecule has 1 fully saturated rings. The third-order valence-corrected chi connectivity index (χ3v) is 3.20. The van der Waals surface area contributed by atoms with Gasteiger partial charge in [-0.05, 0) is 25.0 Å². The van der Waals surface area contributed by atoms with Crippen molar-refractivity contribution in [2.24, 2.45) is 0 Å². The number of carbonyl (C=O) groups excluding carboxylic acids is 2. The van der Waals surface area contributed by atoms with Crippen molar-refractivity contribution in [3.05, 3.63) is 29.8 Å². The number of amides is 2. The van der Waals surface area contributed by atoms with Gasteiger partial charge in [0.1, 0.15) is 6.07 Å². The van der Waals surface area contributed by atoms with Crippen molar-refractivity contribution in [2.75, 3.05) is 11.4 Å². The van der Waals surface area contributed by atoms with E-state index in [9.17, 15) is 9.59 Å². The monoisotopic (exact) mass is 271 g/mol. The second-order valence-electron chi connectivity index (χ2n) is 4.89. The van der Waals surface area contributed by atoms with Gasteiger partial charge in [0, 0.05) is 25.9 Å². The summed E-state index contributed by atoms with van der Waals surface area (Å²) in [4.78, 5) is 24.9. The standard InChI is InChI=1S/C15H17N3O2/c1-11(19)18(9-8-15(20)17-13-6-7-13)14-5-3-2-4-12(14)10-16/h2-5,13H,6-9H2,1H3,(H,17,20). The SMILES string of the molecule is CC(=O)N(CCC(=O)NC1CC1)c1ccccc1C#N. The smallest absolute Gasteiger partial charge is 0.223 e. The number of nitrogens with zero attached hydrogens (tertiary/aromatic N) is 2. The van der Waals surface area contributed by atoms with E-state index in [0.29, 0.717) is 17.3 Å². The van der Waals surface area contributed by atoms with Crippen molar-refractivity contribution in [3.63, 3.8) is 0 Å². The number of rotatable bonds is 5. The van der Waals surface area contributed by atoms with Gasteiger partial charge in [0.05, 0.1) is 11.3 Å². The third kappa shape index (κ3) is 3.58. The van der Waals surface area contributed by atoms with E-state index in [1.165, 1.54) is 11.8 Å². The zero-order chi connectivity index (χ0) is 14.5. The average molecular weight is 271 g/mol. The normalized spacial score (nSPS) is 13.4. The first-order valence-corrected chi connectivity index (χ1v) is 6.68. The van der Waals surface area contributed by atoms with E-state index in [0.717, 1.165) is 12.8 Å². The molecule has 20 heavy (non-hydrogen) atoms. The van der Waals surface area contributed by atoms with Crippen molar-refractivity contribution in [1.29, 1.82) is 5.26 Å². The average Bonchev–Trinajstić information content (AvgIpc) is 3.23. The molecule has 0 spiro atoms. The first-order chi connectivity index (χ1) is 9.61. The lowest BCUT2D eigenvalue weighted by Crippen LogP contribution is -2.34. The van der Waals surface area contributed by atoms with Gasteiger partial charge in [-0.2, -0.15) is 5.26 Å². The van der Waals surface area contributed by atoms with Crippen molar-refractivity contribution in [1.82, 2.24) is 5.32 Å². The molecule has 0 bridgehead atoms. The minimum Gasteiger partial charge on any atom is -0.353 e. The van der Waals surface area contributed by atoms with Crippen molar-refractivity contribution >= 4 is 17.5 Å². The summed E-state index contributed by atoms with van der Waals surface area (Å²) in [6.45, 7) is 1.72. The number of hydrogen-bond acceptors (Lipinski definition) is 3. The van der Waals surface area contributed by atoms with Crippen LogP contribution in [0.2, 0.25) is 0 Å². The zero-order valence-corrected chi connectivity index (χ0v) is 11.4. The van der Waals surface area contributed by atoms with Gasteiger partial charge in [-0.15, -0.1) is 0 Å². The highest BCUT2D eigenvalue weighted by molar-refractivity contribution is 5.93. The van der Waals surface area contributed by atoms with Crippen molar-refractivity contribution in [3.8, 4) is 6.07 Å². The second-order valence-corrected chi connectivity index (χ2v) is 4.89. The van der Waals surface area contributed by atoms with Crippen molar-refractivity contribution in [2.45, 2.75) is 32.2 Å². The van der Waals surface area contributed by atoms with Gasteiger partial charge in [0.2, 0.25) is 11.8 Å². The molecule has 0 aromatic heterocycles. The summed E-state index contributed by atoms with van der Waals surface area (Å²) in [7, 11) is 0. The van der Waals surface area contributed by atoms with E-state index < -0.39 is 0 Å². The minimum absolute atomic E-state index is 0.0480. The first-order valence-electron chi connectivity index (χ1n) is 6.68. The van der Waals surface area contributed by atoms with Crippen LogP contribution < -0.4 is 10.2 Å². The molecule has 0 saturated heterocycles. The van der Waals surface area contributed by atoms with Crippen LogP contribution in [0.1, 0.15) is 31.7 Å². The van der Waals surface area contributed by atoms with Crippen LogP contribution in [0.5, 0.6) is 0 Å². The Morgan fingerprint density at radius 2 is 2.10 bits per heavy atom. The number of nitriles is 1. The van der Waals surface area contributed by atoms with Crippen LogP contribution in [0.15, 0.2) is 24.3 Å². The summed E-state index contributed by atoms with van der Waals surface area (Å²) in [6, 6.07) is 9.29. The van der Waals surface area contributed by atoms with E-state index in [1.807, 2.05) is 0 Å². The van der Waals surface area contributed by atoms with Gasteiger partial charge in [0.25, 0.3) is 0 Å². The van der Waals surface area contributed by atoms with Crippen LogP contribution in [-0.4, -0.2) is 24.4 Å². The Morgan fingerprint density at radius 3 is 2.70 bits per heavy atom. The highest BCUT2D eigenvalue weighted by atomic mass is 16.2. The molecule has 1 aliphatic carbocycles. The quantitative estimate of drug-likeness (QED) is 0.883. The van der Waals surface area contributed by atoms with E-state index in [-0.39, 0.29) is 24.8 Å². The molecular formula is C15H17N3O2. The van der Waals surface area contributed by atoms with Crippen LogP contribution in [-0.2, 0) is 9.59 Å². The summed E-state index contributed by atoms with van der Waals surface area (Å²) in [6.07, 6.45) is 2.33. The van der Waals surface area contributed by atoms with Crippen LogP contribution in [0.4, 0.5) is 5.69 Å². The molecule has 0 unspecified atom stereocenters. The molecule has 1 aromatic rings. The molecule has 0 aliphatic heterocycles. The Morgan fingerprint density at radius 1 is 1.40 bits per heavy atom. The van der Waals surface area contributed by atoms with Crippen LogP contribution in [0.25, 0.3) is 0 Å². The Bertz CT molecular complexity index is 558. The van der Waals surface area contributed by atoms with E-state index >= 15 is 0 Å². The number of para-hydroxylation sites is 1. The zero-order valence-electron chi connectivity index (χ0n) is 11.4. The number of anilines is 1. The fourth-order valence-corrected chi connectivity index (χ4v) is 1.99. The van der Waals surface area contributed by atoms with E-state index in [2.05, 4.69) is 11.4 Å². The molecule has 5 nitrogen and oxygen atoms in total. The molecular weight excluding hydrogens is 254 g/mol. The van der Waals surface area contributed by atoms with Gasteiger partial charge in [0.15, 0.2) is 0 Å². The third-order valence-electron chi connectivity index (χ3n) is 3.20. The highest BCUT2D eigenvalue weighted by Crippen LogP contribution is 2.21. The molecule has 5 heteroatoms. The number of benzene rings is 1. The number of nitrogens with one attached hydrogen (secondary N) is 1. The molecule has 0 radical (unpaired) electrons. The fraction of sp³-hybridized carbons (Fsp3) is 0.400. The lowest BCUT2D eigenvalue weighted by Gasteiger charge is -2.22. The minimum atomic E-state index is -0.174. The molecule has 0 atom stereocenters. The first kappa shape index (κ1) is 14.1. The van der Waals surface area contributed by atoms with Crippen molar-refractivity contribution < 1.29 is 9.59 Å². The largest absolute Gasteiger partial charge is 0.353 e. The topological polar surface area (TPSA) is 73.2 Å². The predicted octanol–water partition coefficient (Wildman–Crippen LogP) is 1.58. The lowest BCUT2D eigenvalue weighted by atomic mass is 10.1. The molecule has 0 heterocycles. The van der Waals surface area contributed by atoms with Gasteiger partial charge in [-0.1, -0.05) is 12.1 Å². The lowest BCUT2D eigenvalue weighted by molar-refractivity contribution is -0.121. The highest BCUT2D eigenvalue weighted by Gasteiger charge is 2.24. The summed E-state index contributed by atoms with van der Waals surface area (Å²) < 4.78 is 0. The summed E-state index contributed by atoms with van der Waals surface area (Å²) in [5.74, 6) is -0.222. The van der Waals surface area contributed by atoms with Crippen LogP contribution in [0.3, 0.4) is 0 Å². The Kier molecular flexibility index (Phi) is 4.36. The van der Waals surface area contributed by atoms with E-state index in [4.69, 9.17) is 5.26 Å². The molecule has 104 valence electrons. The Labute approximate surface area is 118 Å². The maximum Gasteiger partial charge on any atom is 0.223 e. The van der Waals surface area contributed by atoms with Crippen LogP contribution in [0, 0.1) is 11.3 Å². The van der Waals surface area contributed by atoms with E-state index in [1.54, 1.807) is 24.3 Å². The van der Waals surface area contributed by atoms with Gasteiger partial charge >= 0.3 is 0 Å². The van der Waals surface area contributed by atoms with Gasteiger partial charge < -0.3 is 10.2 Å². The molecule has 1 aromatic carbocycles. The summed E-state index contributed by atoms with van der Waals surface area (Å²) >= 11 is 0. The molecule has 2 amide bonds. The maximum atomic E-state index is 11.7. The molecule has 1 aliphatic rings. The predicted molar refractivity (Wildman–Crippen MR) is 75.0 cm³/mol. The molecule has 1 N–H and O–H groups in total. The maximum absolute atomic E-state index is 11.7. The second kappa shape index (κ2) is 6.20. The van der Waals surface area contributed by atoms with Gasteiger partial charge in [-0.25, -0.2) is 0 Å². The molecule has 1 saturated carbocycles. The summed E-state index contributed by atoms with van der Waals surface area (Å²) in [5, 5.41) is 12.0. The Hall–Kier alpha value is -2.35. The Balaban J connectivity index is 2.04. The summed E-state index contributed by atoms with van der Waals surface area (Å²) in [5.41, 5.74) is 0.993. The number of hydrogen-bond donors (Lipinski definition) is 1.